The summed E-state index contributed by atoms with van der Waals surface area (Å²) in [5.41, 5.74) is 6.61. The van der Waals surface area contributed by atoms with E-state index in [0.29, 0.717) is 0 Å². The minimum absolute atomic E-state index is 0.952. The lowest BCUT2D eigenvalue weighted by Gasteiger charge is -2.04. The van der Waals surface area contributed by atoms with Crippen LogP contribution in [0, 0.1) is 13.8 Å². The van der Waals surface area contributed by atoms with Crippen molar-refractivity contribution in [1.29, 1.82) is 0 Å². The molecule has 0 spiro atoms. The number of aryl methyl sites for hydroxylation is 2. The molecule has 0 saturated heterocycles. The molecule has 0 aliphatic carbocycles. The molecule has 0 atom stereocenters. The standard InChI is InChI=1S/C18H16N2/c1-13-3-6-15(7-4-13)16-9-10-18(20-11-16)17-8-5-14(2)19-12-17/h3-12H,1-2H3. The molecule has 0 N–H and O–H groups in total. The van der Waals surface area contributed by atoms with E-state index >= 15 is 0 Å². The lowest BCUT2D eigenvalue weighted by Crippen LogP contribution is -1.87. The normalized spacial score (nSPS) is 10.5. The fraction of sp³-hybridized carbons (Fsp3) is 0.111. The van der Waals surface area contributed by atoms with Gasteiger partial charge in [0.2, 0.25) is 0 Å². The second kappa shape index (κ2) is 5.25. The molecule has 0 amide bonds. The molecule has 0 aliphatic rings. The van der Waals surface area contributed by atoms with E-state index in [0.717, 1.165) is 22.5 Å². The highest BCUT2D eigenvalue weighted by Gasteiger charge is 2.02. The summed E-state index contributed by atoms with van der Waals surface area (Å²) in [6.07, 6.45) is 3.78. The Labute approximate surface area is 119 Å². The van der Waals surface area contributed by atoms with Crippen LogP contribution in [0.5, 0.6) is 0 Å². The highest BCUT2D eigenvalue weighted by molar-refractivity contribution is 5.66. The van der Waals surface area contributed by atoms with Crippen molar-refractivity contribution in [3.8, 4) is 22.4 Å². The average molecular weight is 260 g/mol. The van der Waals surface area contributed by atoms with Gasteiger partial charge in [-0.2, -0.15) is 0 Å². The summed E-state index contributed by atoms with van der Waals surface area (Å²) in [6, 6.07) is 16.7. The Morgan fingerprint density at radius 1 is 0.600 bits per heavy atom. The maximum atomic E-state index is 4.54. The molecule has 0 aliphatic heterocycles. The Balaban J connectivity index is 1.91. The molecule has 2 nitrogen and oxygen atoms in total. The van der Waals surface area contributed by atoms with Crippen molar-refractivity contribution in [2.75, 3.05) is 0 Å². The van der Waals surface area contributed by atoms with E-state index in [2.05, 4.69) is 53.3 Å². The number of aromatic nitrogens is 2. The third kappa shape index (κ3) is 2.59. The van der Waals surface area contributed by atoms with Crippen molar-refractivity contribution in [1.82, 2.24) is 9.97 Å². The van der Waals surface area contributed by atoms with Gasteiger partial charge in [0, 0.05) is 29.2 Å². The molecule has 3 rings (SSSR count). The molecule has 0 radical (unpaired) electrons. The SMILES string of the molecule is Cc1ccc(-c2ccc(-c3ccc(C)nc3)nc2)cc1. The molecule has 0 bridgehead atoms. The highest BCUT2D eigenvalue weighted by atomic mass is 14.7. The van der Waals surface area contributed by atoms with E-state index in [-0.39, 0.29) is 0 Å². The van der Waals surface area contributed by atoms with Crippen LogP contribution in [0.3, 0.4) is 0 Å². The van der Waals surface area contributed by atoms with Gasteiger partial charge in [0.15, 0.2) is 0 Å². The Hall–Kier alpha value is -2.48. The number of benzene rings is 1. The van der Waals surface area contributed by atoms with Gasteiger partial charge in [-0.3, -0.25) is 9.97 Å². The van der Waals surface area contributed by atoms with Gasteiger partial charge >= 0.3 is 0 Å². The first-order valence-corrected chi connectivity index (χ1v) is 6.68. The third-order valence-corrected chi connectivity index (χ3v) is 3.36. The van der Waals surface area contributed by atoms with Gasteiger partial charge in [0.05, 0.1) is 5.69 Å². The van der Waals surface area contributed by atoms with Gasteiger partial charge in [-0.15, -0.1) is 0 Å². The quantitative estimate of drug-likeness (QED) is 0.681. The number of hydrogen-bond acceptors (Lipinski definition) is 2. The Kier molecular flexibility index (Phi) is 3.30. The Morgan fingerprint density at radius 2 is 1.25 bits per heavy atom. The van der Waals surface area contributed by atoms with Crippen LogP contribution in [-0.4, -0.2) is 9.97 Å². The topological polar surface area (TPSA) is 25.8 Å². The molecule has 2 heteroatoms. The van der Waals surface area contributed by atoms with Gasteiger partial charge in [-0.25, -0.2) is 0 Å². The monoisotopic (exact) mass is 260 g/mol. The summed E-state index contributed by atoms with van der Waals surface area (Å²) in [5.74, 6) is 0. The number of nitrogens with zero attached hydrogens (tertiary/aromatic N) is 2. The zero-order valence-electron chi connectivity index (χ0n) is 11.7. The predicted molar refractivity (Wildman–Crippen MR) is 82.4 cm³/mol. The third-order valence-electron chi connectivity index (χ3n) is 3.36. The molecule has 0 unspecified atom stereocenters. The summed E-state index contributed by atoms with van der Waals surface area (Å²) >= 11 is 0. The van der Waals surface area contributed by atoms with Crippen molar-refractivity contribution in [2.24, 2.45) is 0 Å². The maximum absolute atomic E-state index is 4.54. The van der Waals surface area contributed by atoms with E-state index < -0.39 is 0 Å². The molecule has 2 aromatic heterocycles. The molecular weight excluding hydrogens is 244 g/mol. The first-order chi connectivity index (χ1) is 9.72. The van der Waals surface area contributed by atoms with Crippen LogP contribution in [0.25, 0.3) is 22.4 Å². The van der Waals surface area contributed by atoms with Crippen molar-refractivity contribution in [3.63, 3.8) is 0 Å². The van der Waals surface area contributed by atoms with Gasteiger partial charge in [0.1, 0.15) is 0 Å². The van der Waals surface area contributed by atoms with Gasteiger partial charge in [-0.1, -0.05) is 35.9 Å². The lowest BCUT2D eigenvalue weighted by atomic mass is 10.1. The smallest absolute Gasteiger partial charge is 0.0717 e. The van der Waals surface area contributed by atoms with Crippen molar-refractivity contribution in [2.45, 2.75) is 13.8 Å². The van der Waals surface area contributed by atoms with Crippen molar-refractivity contribution < 1.29 is 0 Å². The second-order valence-corrected chi connectivity index (χ2v) is 4.99. The molecule has 1 aromatic carbocycles. The molecule has 3 aromatic rings. The summed E-state index contributed by atoms with van der Waals surface area (Å²) in [4.78, 5) is 8.84. The summed E-state index contributed by atoms with van der Waals surface area (Å²) in [5, 5.41) is 0. The zero-order chi connectivity index (χ0) is 13.9. The second-order valence-electron chi connectivity index (χ2n) is 4.99. The minimum Gasteiger partial charge on any atom is -0.261 e. The van der Waals surface area contributed by atoms with Gasteiger partial charge in [0.25, 0.3) is 0 Å². The number of rotatable bonds is 2. The van der Waals surface area contributed by atoms with Crippen LogP contribution in [0.2, 0.25) is 0 Å². The average Bonchev–Trinajstić information content (AvgIpc) is 2.49. The summed E-state index contributed by atoms with van der Waals surface area (Å²) in [6.45, 7) is 4.08. The van der Waals surface area contributed by atoms with E-state index in [1.807, 2.05) is 31.5 Å². The van der Waals surface area contributed by atoms with Crippen LogP contribution in [0.15, 0.2) is 60.9 Å². The van der Waals surface area contributed by atoms with Crippen LogP contribution >= 0.6 is 0 Å². The first-order valence-electron chi connectivity index (χ1n) is 6.68. The minimum atomic E-state index is 0.952. The molecule has 98 valence electrons. The molecule has 2 heterocycles. The molecule has 20 heavy (non-hydrogen) atoms. The number of pyridine rings is 2. The largest absolute Gasteiger partial charge is 0.261 e. The molecule has 0 fully saturated rings. The first kappa shape index (κ1) is 12.5. The van der Waals surface area contributed by atoms with Crippen LogP contribution in [0.4, 0.5) is 0 Å². The maximum Gasteiger partial charge on any atom is 0.0717 e. The fourth-order valence-electron chi connectivity index (χ4n) is 2.10. The molecular formula is C18H16N2. The Bertz CT molecular complexity index is 631. The highest BCUT2D eigenvalue weighted by Crippen LogP contribution is 2.22. The van der Waals surface area contributed by atoms with Crippen LogP contribution < -0.4 is 0 Å². The van der Waals surface area contributed by atoms with E-state index in [1.165, 1.54) is 11.1 Å². The Morgan fingerprint density at radius 3 is 1.85 bits per heavy atom. The van der Waals surface area contributed by atoms with E-state index in [4.69, 9.17) is 0 Å². The van der Waals surface area contributed by atoms with Crippen molar-refractivity contribution in [3.05, 3.63) is 72.2 Å². The van der Waals surface area contributed by atoms with Crippen molar-refractivity contribution >= 4 is 0 Å². The fourth-order valence-corrected chi connectivity index (χ4v) is 2.10. The zero-order valence-corrected chi connectivity index (χ0v) is 11.7. The van der Waals surface area contributed by atoms with Crippen LogP contribution in [0.1, 0.15) is 11.3 Å². The van der Waals surface area contributed by atoms with E-state index in [9.17, 15) is 0 Å². The van der Waals surface area contributed by atoms with E-state index in [1.54, 1.807) is 0 Å². The summed E-state index contributed by atoms with van der Waals surface area (Å²) < 4.78 is 0. The summed E-state index contributed by atoms with van der Waals surface area (Å²) in [7, 11) is 0. The number of hydrogen-bond donors (Lipinski definition) is 0. The molecule has 0 saturated carbocycles. The predicted octanol–water partition coefficient (Wildman–Crippen LogP) is 4.43. The van der Waals surface area contributed by atoms with Crippen LogP contribution in [-0.2, 0) is 0 Å². The van der Waals surface area contributed by atoms with Gasteiger partial charge in [-0.05, 0) is 37.6 Å². The van der Waals surface area contributed by atoms with Gasteiger partial charge < -0.3 is 0 Å². The lowest BCUT2D eigenvalue weighted by molar-refractivity contribution is 1.19.